The number of ether oxygens (including phenoxy) is 2. The predicted molar refractivity (Wildman–Crippen MR) is 123 cm³/mol. The third-order valence-corrected chi connectivity index (χ3v) is 5.37. The molecule has 0 saturated heterocycles. The Kier molecular flexibility index (Phi) is 7.56. The van der Waals surface area contributed by atoms with E-state index in [1.54, 1.807) is 18.2 Å². The van der Waals surface area contributed by atoms with E-state index in [4.69, 9.17) is 9.47 Å². The number of halogens is 3. The second-order valence-electron chi connectivity index (χ2n) is 6.08. The fourth-order valence-corrected chi connectivity index (χ4v) is 3.75. The van der Waals surface area contributed by atoms with Gasteiger partial charge in [0.1, 0.15) is 12.4 Å². The Labute approximate surface area is 186 Å². The molecule has 3 aromatic rings. The molecule has 0 aliphatic carbocycles. The van der Waals surface area contributed by atoms with Crippen molar-refractivity contribution in [2.45, 2.75) is 20.1 Å². The minimum absolute atomic E-state index is 0.152. The van der Waals surface area contributed by atoms with Crippen molar-refractivity contribution in [3.8, 4) is 11.5 Å². The van der Waals surface area contributed by atoms with Crippen LogP contribution in [0.5, 0.6) is 11.5 Å². The van der Waals surface area contributed by atoms with Crippen molar-refractivity contribution in [1.29, 1.82) is 0 Å². The van der Waals surface area contributed by atoms with Crippen LogP contribution < -0.4 is 14.8 Å². The first-order valence-electron chi connectivity index (χ1n) is 8.87. The SMILES string of the molecule is CCOc1cc(CNc2ccc(Br)cc2)cc(I)c1OCc1ccccc1F. The van der Waals surface area contributed by atoms with E-state index in [9.17, 15) is 4.39 Å². The minimum atomic E-state index is -0.272. The van der Waals surface area contributed by atoms with Crippen molar-refractivity contribution in [3.63, 3.8) is 0 Å². The molecule has 146 valence electrons. The second-order valence-corrected chi connectivity index (χ2v) is 8.16. The lowest BCUT2D eigenvalue weighted by molar-refractivity contribution is 0.264. The molecular formula is C22H20BrFINO2. The summed E-state index contributed by atoms with van der Waals surface area (Å²) in [5.74, 6) is 1.03. The van der Waals surface area contributed by atoms with Gasteiger partial charge in [0.2, 0.25) is 0 Å². The molecule has 6 heteroatoms. The Morgan fingerprint density at radius 2 is 1.79 bits per heavy atom. The first-order valence-corrected chi connectivity index (χ1v) is 10.7. The zero-order valence-corrected chi connectivity index (χ0v) is 19.1. The summed E-state index contributed by atoms with van der Waals surface area (Å²) in [6, 6.07) is 18.7. The van der Waals surface area contributed by atoms with Crippen molar-refractivity contribution in [3.05, 3.63) is 85.7 Å². The van der Waals surface area contributed by atoms with Crippen LogP contribution >= 0.6 is 38.5 Å². The molecule has 0 heterocycles. The molecule has 0 atom stereocenters. The Hall–Kier alpha value is -1.80. The molecule has 0 saturated carbocycles. The lowest BCUT2D eigenvalue weighted by Crippen LogP contribution is -2.05. The van der Waals surface area contributed by atoms with E-state index < -0.39 is 0 Å². The van der Waals surface area contributed by atoms with E-state index in [0.29, 0.717) is 30.2 Å². The summed E-state index contributed by atoms with van der Waals surface area (Å²) in [4.78, 5) is 0. The summed E-state index contributed by atoms with van der Waals surface area (Å²) in [7, 11) is 0. The van der Waals surface area contributed by atoms with Gasteiger partial charge < -0.3 is 14.8 Å². The number of anilines is 1. The maximum absolute atomic E-state index is 13.9. The molecule has 0 amide bonds. The van der Waals surface area contributed by atoms with Gasteiger partial charge in [-0.25, -0.2) is 4.39 Å². The molecule has 0 aromatic heterocycles. The van der Waals surface area contributed by atoms with E-state index in [1.165, 1.54) is 6.07 Å². The third kappa shape index (κ3) is 5.61. The third-order valence-electron chi connectivity index (χ3n) is 4.04. The van der Waals surface area contributed by atoms with Gasteiger partial charge >= 0.3 is 0 Å². The Morgan fingerprint density at radius 1 is 1.04 bits per heavy atom. The number of nitrogens with one attached hydrogen (secondary N) is 1. The van der Waals surface area contributed by atoms with Crippen LogP contribution in [-0.2, 0) is 13.2 Å². The lowest BCUT2D eigenvalue weighted by Gasteiger charge is -2.16. The van der Waals surface area contributed by atoms with Gasteiger partial charge in [-0.05, 0) is 77.5 Å². The Bertz CT molecular complexity index is 934. The van der Waals surface area contributed by atoms with Crippen LogP contribution in [0.4, 0.5) is 10.1 Å². The van der Waals surface area contributed by atoms with E-state index in [1.807, 2.05) is 43.3 Å². The van der Waals surface area contributed by atoms with Gasteiger partial charge in [0.25, 0.3) is 0 Å². The van der Waals surface area contributed by atoms with Crippen molar-refractivity contribution in [2.24, 2.45) is 0 Å². The minimum Gasteiger partial charge on any atom is -0.490 e. The molecule has 28 heavy (non-hydrogen) atoms. The van der Waals surface area contributed by atoms with Crippen LogP contribution in [0.25, 0.3) is 0 Å². The van der Waals surface area contributed by atoms with Crippen LogP contribution in [0, 0.1) is 9.39 Å². The number of hydrogen-bond donors (Lipinski definition) is 1. The Morgan fingerprint density at radius 3 is 2.50 bits per heavy atom. The lowest BCUT2D eigenvalue weighted by atomic mass is 10.2. The molecule has 0 bridgehead atoms. The van der Waals surface area contributed by atoms with Crippen LogP contribution in [0.2, 0.25) is 0 Å². The van der Waals surface area contributed by atoms with Crippen LogP contribution in [0.3, 0.4) is 0 Å². The zero-order valence-electron chi connectivity index (χ0n) is 15.3. The second kappa shape index (κ2) is 10.1. The normalized spacial score (nSPS) is 10.6. The van der Waals surface area contributed by atoms with Gasteiger partial charge in [0.15, 0.2) is 11.5 Å². The number of hydrogen-bond acceptors (Lipinski definition) is 3. The highest BCUT2D eigenvalue weighted by Crippen LogP contribution is 2.35. The molecule has 3 rings (SSSR count). The summed E-state index contributed by atoms with van der Waals surface area (Å²) >= 11 is 5.67. The number of rotatable bonds is 8. The van der Waals surface area contributed by atoms with E-state index in [0.717, 1.165) is 19.3 Å². The van der Waals surface area contributed by atoms with Gasteiger partial charge in [0, 0.05) is 22.3 Å². The van der Waals surface area contributed by atoms with Crippen LogP contribution in [-0.4, -0.2) is 6.61 Å². The summed E-state index contributed by atoms with van der Waals surface area (Å²) in [5.41, 5.74) is 2.63. The molecule has 0 aliphatic heterocycles. The van der Waals surface area contributed by atoms with Crippen molar-refractivity contribution < 1.29 is 13.9 Å². The molecule has 0 aliphatic rings. The maximum Gasteiger partial charge on any atom is 0.174 e. The molecule has 0 spiro atoms. The van der Waals surface area contributed by atoms with Crippen LogP contribution in [0.1, 0.15) is 18.1 Å². The first kappa shape index (κ1) is 20.9. The summed E-state index contributed by atoms with van der Waals surface area (Å²) < 4.78 is 27.5. The largest absolute Gasteiger partial charge is 0.490 e. The molecule has 1 N–H and O–H groups in total. The summed E-state index contributed by atoms with van der Waals surface area (Å²) in [6.07, 6.45) is 0. The van der Waals surface area contributed by atoms with Gasteiger partial charge in [-0.2, -0.15) is 0 Å². The van der Waals surface area contributed by atoms with Crippen LogP contribution in [0.15, 0.2) is 65.1 Å². The van der Waals surface area contributed by atoms with Gasteiger partial charge in [-0.3, -0.25) is 0 Å². The molecule has 3 nitrogen and oxygen atoms in total. The fraction of sp³-hybridized carbons (Fsp3) is 0.182. The molecule has 0 fully saturated rings. The standard InChI is InChI=1S/C22H20BrFINO2/c1-2-27-21-12-15(13-26-18-9-7-17(23)8-10-18)11-20(25)22(21)28-14-16-5-3-4-6-19(16)24/h3-12,26H,2,13-14H2,1H3. The van der Waals surface area contributed by atoms with Crippen molar-refractivity contribution in [1.82, 2.24) is 0 Å². The highest BCUT2D eigenvalue weighted by Gasteiger charge is 2.13. The van der Waals surface area contributed by atoms with Crippen molar-refractivity contribution >= 4 is 44.2 Å². The average molecular weight is 556 g/mol. The monoisotopic (exact) mass is 555 g/mol. The van der Waals surface area contributed by atoms with E-state index >= 15 is 0 Å². The van der Waals surface area contributed by atoms with Gasteiger partial charge in [-0.15, -0.1) is 0 Å². The highest BCUT2D eigenvalue weighted by molar-refractivity contribution is 14.1. The smallest absolute Gasteiger partial charge is 0.174 e. The Balaban J connectivity index is 1.75. The van der Waals surface area contributed by atoms with Gasteiger partial charge in [0.05, 0.1) is 10.2 Å². The van der Waals surface area contributed by atoms with E-state index in [-0.39, 0.29) is 12.4 Å². The predicted octanol–water partition coefficient (Wildman–Crippen LogP) is 6.78. The summed E-state index contributed by atoms with van der Waals surface area (Å²) in [5, 5.41) is 3.40. The van der Waals surface area contributed by atoms with Crippen molar-refractivity contribution in [2.75, 3.05) is 11.9 Å². The average Bonchev–Trinajstić information content (AvgIpc) is 2.68. The summed E-state index contributed by atoms with van der Waals surface area (Å²) in [6.45, 7) is 3.26. The molecular weight excluding hydrogens is 536 g/mol. The molecule has 0 radical (unpaired) electrons. The maximum atomic E-state index is 13.9. The van der Waals surface area contributed by atoms with E-state index in [2.05, 4.69) is 43.8 Å². The van der Waals surface area contributed by atoms with Gasteiger partial charge in [-0.1, -0.05) is 34.1 Å². The quantitative estimate of drug-likeness (QED) is 0.311. The molecule has 3 aromatic carbocycles. The first-order chi connectivity index (χ1) is 13.6. The zero-order chi connectivity index (χ0) is 19.9. The fourth-order valence-electron chi connectivity index (χ4n) is 2.66. The topological polar surface area (TPSA) is 30.5 Å². The number of benzene rings is 3. The molecule has 0 unspecified atom stereocenters. The highest BCUT2D eigenvalue weighted by atomic mass is 127.